The van der Waals surface area contributed by atoms with Crippen molar-refractivity contribution in [1.29, 1.82) is 0 Å². The Balaban J connectivity index is 1.39. The molecule has 0 bridgehead atoms. The van der Waals surface area contributed by atoms with Gasteiger partial charge in [-0.05, 0) is 67.9 Å². The fraction of sp³-hybridized carbons (Fsp3) is 0.250. The lowest BCUT2D eigenvalue weighted by molar-refractivity contribution is -0.136. The summed E-state index contributed by atoms with van der Waals surface area (Å²) in [6.07, 6.45) is 0.293. The van der Waals surface area contributed by atoms with E-state index < -0.39 is 24.3 Å². The van der Waals surface area contributed by atoms with E-state index in [1.54, 1.807) is 43.3 Å². The van der Waals surface area contributed by atoms with Crippen LogP contribution in [0.25, 0.3) is 11.3 Å². The van der Waals surface area contributed by atoms with E-state index in [1.165, 1.54) is 13.3 Å². The Labute approximate surface area is 235 Å². The molecule has 2 atom stereocenters. The summed E-state index contributed by atoms with van der Waals surface area (Å²) in [5.41, 5.74) is 4.70. The third-order valence-corrected chi connectivity index (χ3v) is 6.09. The zero-order valence-corrected chi connectivity index (χ0v) is 22.8. The summed E-state index contributed by atoms with van der Waals surface area (Å²) in [5, 5.41) is 20.3. The largest absolute Gasteiger partial charge is 0.490 e. The van der Waals surface area contributed by atoms with Crippen molar-refractivity contribution in [1.82, 2.24) is 16.1 Å². The van der Waals surface area contributed by atoms with Crippen LogP contribution in [0.4, 0.5) is 4.79 Å². The van der Waals surface area contributed by atoms with Crippen LogP contribution < -0.4 is 25.5 Å². The van der Waals surface area contributed by atoms with E-state index in [0.29, 0.717) is 45.9 Å². The van der Waals surface area contributed by atoms with Crippen LogP contribution in [0.15, 0.2) is 75.4 Å². The van der Waals surface area contributed by atoms with Gasteiger partial charge in [-0.1, -0.05) is 17.7 Å². The summed E-state index contributed by atoms with van der Waals surface area (Å²) in [6, 6.07) is 14.6. The summed E-state index contributed by atoms with van der Waals surface area (Å²) in [7, 11) is 1.27. The summed E-state index contributed by atoms with van der Waals surface area (Å²) < 4.78 is 22.1. The predicted molar refractivity (Wildman–Crippen MR) is 148 cm³/mol. The highest BCUT2D eigenvalue weighted by Gasteiger charge is 2.32. The first-order valence-corrected chi connectivity index (χ1v) is 12.8. The number of carbonyl (C=O) groups is 2. The second kappa shape index (κ2) is 13.0. The molecule has 2 aromatic carbocycles. The molecule has 2 heterocycles. The minimum absolute atomic E-state index is 0.151. The summed E-state index contributed by atoms with van der Waals surface area (Å²) in [6.45, 7) is 3.62. The highest BCUT2D eigenvalue weighted by atomic mass is 35.5. The van der Waals surface area contributed by atoms with Crippen LogP contribution >= 0.6 is 11.6 Å². The summed E-state index contributed by atoms with van der Waals surface area (Å²) in [4.78, 5) is 24.5. The average molecular weight is 569 g/mol. The number of aliphatic hydroxyl groups excluding tert-OH is 1. The number of carbonyl (C=O) groups excluding carboxylic acids is 2. The van der Waals surface area contributed by atoms with Crippen LogP contribution in [0.1, 0.15) is 31.2 Å². The average Bonchev–Trinajstić information content (AvgIpc) is 3.41. The molecule has 0 radical (unpaired) electrons. The zero-order chi connectivity index (χ0) is 28.6. The maximum Gasteiger partial charge on any atom is 0.337 e. The Morgan fingerprint density at radius 2 is 1.95 bits per heavy atom. The van der Waals surface area contributed by atoms with Crippen molar-refractivity contribution in [3.63, 3.8) is 0 Å². The Morgan fingerprint density at radius 1 is 1.18 bits per heavy atom. The topological polar surface area (TPSA) is 144 Å². The number of methoxy groups -OCH3 is 1. The maximum atomic E-state index is 12.4. The van der Waals surface area contributed by atoms with Gasteiger partial charge in [-0.2, -0.15) is 5.10 Å². The minimum atomic E-state index is -1.14. The van der Waals surface area contributed by atoms with Gasteiger partial charge < -0.3 is 34.4 Å². The molecule has 4 rings (SSSR count). The molecule has 0 saturated carbocycles. The fourth-order valence-electron chi connectivity index (χ4n) is 4.00. The molecule has 3 aromatic rings. The molecule has 4 N–H and O–H groups in total. The molecule has 11 nitrogen and oxygen atoms in total. The molecule has 0 aliphatic carbocycles. The minimum Gasteiger partial charge on any atom is -0.490 e. The third kappa shape index (κ3) is 6.93. The van der Waals surface area contributed by atoms with E-state index in [4.69, 9.17) is 30.2 Å². The number of hydrogen-bond acceptors (Lipinski definition) is 9. The number of hydrogen-bond donors (Lipinski definition) is 4. The van der Waals surface area contributed by atoms with E-state index in [2.05, 4.69) is 21.2 Å². The van der Waals surface area contributed by atoms with Gasteiger partial charge >= 0.3 is 12.0 Å². The van der Waals surface area contributed by atoms with E-state index in [1.807, 2.05) is 25.1 Å². The molecule has 0 unspecified atom stereocenters. The van der Waals surface area contributed by atoms with Crippen LogP contribution in [0.5, 0.6) is 11.5 Å². The monoisotopic (exact) mass is 568 g/mol. The van der Waals surface area contributed by atoms with Gasteiger partial charge in [0.15, 0.2) is 17.7 Å². The molecule has 12 heteroatoms. The molecule has 1 aliphatic rings. The van der Waals surface area contributed by atoms with Crippen molar-refractivity contribution in [2.45, 2.75) is 26.1 Å². The second-order valence-electron chi connectivity index (χ2n) is 8.62. The fourth-order valence-corrected chi connectivity index (χ4v) is 4.13. The predicted octanol–water partition coefficient (Wildman–Crippen LogP) is 4.12. The molecule has 40 heavy (non-hydrogen) atoms. The van der Waals surface area contributed by atoms with Gasteiger partial charge in [0, 0.05) is 16.3 Å². The number of halogens is 1. The first-order chi connectivity index (χ1) is 19.3. The van der Waals surface area contributed by atoms with Crippen LogP contribution in [0, 0.1) is 0 Å². The van der Waals surface area contributed by atoms with Gasteiger partial charge in [0.2, 0.25) is 0 Å². The maximum absolute atomic E-state index is 12.4. The molecular weight excluding hydrogens is 540 g/mol. The lowest BCUT2D eigenvalue weighted by Crippen LogP contribution is -2.45. The molecular formula is C28H29ClN4O7. The van der Waals surface area contributed by atoms with E-state index in [-0.39, 0.29) is 12.2 Å². The molecule has 1 aromatic heterocycles. The van der Waals surface area contributed by atoms with Crippen LogP contribution in [0.2, 0.25) is 5.02 Å². The Bertz CT molecular complexity index is 1420. The molecule has 210 valence electrons. The van der Waals surface area contributed by atoms with Crippen molar-refractivity contribution >= 4 is 29.8 Å². The van der Waals surface area contributed by atoms with Gasteiger partial charge in [-0.15, -0.1) is 0 Å². The Hall–Kier alpha value is -4.48. The number of furan rings is 1. The number of rotatable bonds is 11. The molecule has 2 amide bonds. The summed E-state index contributed by atoms with van der Waals surface area (Å²) >= 11 is 5.93. The number of aliphatic hydroxyl groups is 1. The zero-order valence-electron chi connectivity index (χ0n) is 22.1. The van der Waals surface area contributed by atoms with Gasteiger partial charge in [-0.25, -0.2) is 9.59 Å². The van der Waals surface area contributed by atoms with Crippen LogP contribution in [0.3, 0.4) is 0 Å². The Kier molecular flexibility index (Phi) is 9.31. The van der Waals surface area contributed by atoms with E-state index in [9.17, 15) is 14.7 Å². The number of amides is 2. The standard InChI is InChI=1S/C28H29ClN4O7/c1-4-38-23-13-18(26-25(27(35)37-3)16(2)31-28(36)32-26)7-11-22(23)39-15-24(34)33-30-14-20-10-12-21(40-20)17-5-8-19(29)9-6-17/h5-14,24,26,33-34H,4,15H2,1-3H3,(H2,31,32,36)/b30-14-/t24-,26-/m0/s1. The number of allylic oxidation sites excluding steroid dienone is 1. The number of benzene rings is 2. The smallest absolute Gasteiger partial charge is 0.337 e. The lowest BCUT2D eigenvalue weighted by Gasteiger charge is -2.28. The quantitative estimate of drug-likeness (QED) is 0.117. The van der Waals surface area contributed by atoms with Crippen molar-refractivity contribution in [2.75, 3.05) is 20.3 Å². The number of ether oxygens (including phenoxy) is 3. The van der Waals surface area contributed by atoms with Crippen molar-refractivity contribution in [3.8, 4) is 22.8 Å². The molecule has 1 aliphatic heterocycles. The normalized spacial score (nSPS) is 15.8. The van der Waals surface area contributed by atoms with Gasteiger partial charge in [0.1, 0.15) is 18.1 Å². The number of nitrogens with one attached hydrogen (secondary N) is 3. The summed E-state index contributed by atoms with van der Waals surface area (Å²) in [5.74, 6) is 1.30. The van der Waals surface area contributed by atoms with Crippen molar-refractivity contribution < 1.29 is 33.3 Å². The van der Waals surface area contributed by atoms with E-state index >= 15 is 0 Å². The number of esters is 1. The van der Waals surface area contributed by atoms with Crippen molar-refractivity contribution in [3.05, 3.63) is 82.2 Å². The van der Waals surface area contributed by atoms with E-state index in [0.717, 1.165) is 5.56 Å². The van der Waals surface area contributed by atoms with Crippen molar-refractivity contribution in [2.24, 2.45) is 5.10 Å². The first-order valence-electron chi connectivity index (χ1n) is 12.4. The van der Waals surface area contributed by atoms with Gasteiger partial charge in [0.25, 0.3) is 0 Å². The Morgan fingerprint density at radius 3 is 2.67 bits per heavy atom. The van der Waals surface area contributed by atoms with Crippen LogP contribution in [-0.4, -0.2) is 49.9 Å². The SMILES string of the molecule is CCOc1cc([C@@H]2NC(=O)NC(C)=C2C(=O)OC)ccc1OC[C@H](O)N/N=C\c1ccc(-c2ccc(Cl)cc2)o1. The third-order valence-electron chi connectivity index (χ3n) is 5.84. The lowest BCUT2D eigenvalue weighted by atomic mass is 9.95. The number of urea groups is 1. The van der Waals surface area contributed by atoms with Gasteiger partial charge in [0.05, 0.1) is 31.5 Å². The molecule has 0 saturated heterocycles. The highest BCUT2D eigenvalue weighted by Crippen LogP contribution is 2.35. The molecule has 0 spiro atoms. The molecule has 0 fully saturated rings. The highest BCUT2D eigenvalue weighted by molar-refractivity contribution is 6.30. The first kappa shape index (κ1) is 28.5. The number of nitrogens with zero attached hydrogens (tertiary/aromatic N) is 1. The number of hydrazone groups is 1. The van der Waals surface area contributed by atoms with Gasteiger partial charge in [-0.3, -0.25) is 5.43 Å². The second-order valence-corrected chi connectivity index (χ2v) is 9.06. The van der Waals surface area contributed by atoms with Crippen LogP contribution in [-0.2, 0) is 9.53 Å².